The van der Waals surface area contributed by atoms with Crippen LogP contribution in [0.5, 0.6) is 0 Å². The van der Waals surface area contributed by atoms with Gasteiger partial charge in [-0.2, -0.15) is 0 Å². The maximum Gasteiger partial charge on any atom is 0.335 e. The smallest absolute Gasteiger partial charge is 0.335 e. The Morgan fingerprint density at radius 1 is 1.17 bits per heavy atom. The SMILES string of the molecule is CC(C)(OCCC(=O)N1CCc2c(n(Cc3c(F)cc(F)c(F)c3F)c3ncccc23)C1)C(=O)O. The summed E-state index contributed by atoms with van der Waals surface area (Å²) in [5, 5.41) is 9.87. The van der Waals surface area contributed by atoms with Gasteiger partial charge in [0.25, 0.3) is 0 Å². The molecule has 0 fully saturated rings. The highest BCUT2D eigenvalue weighted by Gasteiger charge is 2.31. The molecule has 0 saturated heterocycles. The predicted octanol–water partition coefficient (Wildman–Crippen LogP) is 3.80. The Bertz CT molecular complexity index is 1320. The maximum absolute atomic E-state index is 14.4. The van der Waals surface area contributed by atoms with Gasteiger partial charge in [0.2, 0.25) is 5.91 Å². The van der Waals surface area contributed by atoms with E-state index in [-0.39, 0.29) is 25.5 Å². The van der Waals surface area contributed by atoms with Gasteiger partial charge < -0.3 is 19.3 Å². The molecule has 4 rings (SSSR count). The van der Waals surface area contributed by atoms with Gasteiger partial charge in [0.15, 0.2) is 23.1 Å². The highest BCUT2D eigenvalue weighted by molar-refractivity contribution is 5.84. The molecule has 0 unspecified atom stereocenters. The Morgan fingerprint density at radius 3 is 2.63 bits per heavy atom. The number of carboxylic acid groups (broad SMARTS) is 1. The van der Waals surface area contributed by atoms with Crippen molar-refractivity contribution in [2.45, 2.75) is 45.4 Å². The van der Waals surface area contributed by atoms with Crippen LogP contribution in [0.1, 0.15) is 37.1 Å². The standard InChI is InChI=1S/C24H23F4N3O4/c1-24(2,23(33)34)35-9-6-19(32)30-8-5-13-14-4-3-7-29-22(14)31(18(13)12-30)11-15-16(25)10-17(26)21(28)20(15)27/h3-4,7,10H,5-6,8-9,11-12H2,1-2H3,(H,33,34). The number of hydrogen-bond acceptors (Lipinski definition) is 4. The molecule has 0 aliphatic carbocycles. The number of rotatable bonds is 7. The van der Waals surface area contributed by atoms with Gasteiger partial charge in [0, 0.05) is 35.5 Å². The number of fused-ring (bicyclic) bond motifs is 3. The largest absolute Gasteiger partial charge is 0.479 e. The van der Waals surface area contributed by atoms with E-state index in [2.05, 4.69) is 4.98 Å². The molecule has 1 amide bonds. The average Bonchev–Trinajstić information content (AvgIpc) is 3.13. The van der Waals surface area contributed by atoms with Gasteiger partial charge in [-0.1, -0.05) is 0 Å². The number of carbonyl (C=O) groups is 2. The summed E-state index contributed by atoms with van der Waals surface area (Å²) in [5.41, 5.74) is -0.257. The van der Waals surface area contributed by atoms with E-state index in [1.54, 1.807) is 12.1 Å². The first-order valence-electron chi connectivity index (χ1n) is 10.9. The number of halogens is 4. The van der Waals surface area contributed by atoms with Crippen molar-refractivity contribution in [3.05, 3.63) is 64.5 Å². The molecule has 35 heavy (non-hydrogen) atoms. The van der Waals surface area contributed by atoms with Crippen LogP contribution in [0.25, 0.3) is 11.0 Å². The molecule has 0 spiro atoms. The fourth-order valence-electron chi connectivity index (χ4n) is 4.16. The van der Waals surface area contributed by atoms with Crippen molar-refractivity contribution in [3.63, 3.8) is 0 Å². The van der Waals surface area contributed by atoms with E-state index in [1.807, 2.05) is 0 Å². The minimum Gasteiger partial charge on any atom is -0.479 e. The van der Waals surface area contributed by atoms with Crippen LogP contribution in [0.15, 0.2) is 24.4 Å². The number of nitrogens with zero attached hydrogens (tertiary/aromatic N) is 3. The third-order valence-corrected chi connectivity index (χ3v) is 6.19. The minimum absolute atomic E-state index is 0.0586. The zero-order valence-electron chi connectivity index (χ0n) is 19.1. The molecule has 3 aromatic rings. The minimum atomic E-state index is -1.76. The number of hydrogen-bond donors (Lipinski definition) is 1. The quantitative estimate of drug-likeness (QED) is 0.308. The van der Waals surface area contributed by atoms with Crippen LogP contribution < -0.4 is 0 Å². The number of pyridine rings is 1. The third-order valence-electron chi connectivity index (χ3n) is 6.19. The van der Waals surface area contributed by atoms with Crippen LogP contribution in [-0.4, -0.2) is 50.2 Å². The van der Waals surface area contributed by atoms with Crippen LogP contribution in [0, 0.1) is 23.3 Å². The van der Waals surface area contributed by atoms with Gasteiger partial charge in [-0.3, -0.25) is 4.79 Å². The number of benzene rings is 1. The topological polar surface area (TPSA) is 84.7 Å². The maximum atomic E-state index is 14.4. The highest BCUT2D eigenvalue weighted by Crippen LogP contribution is 2.32. The van der Waals surface area contributed by atoms with Crippen LogP contribution >= 0.6 is 0 Å². The second-order valence-corrected chi connectivity index (χ2v) is 8.81. The van der Waals surface area contributed by atoms with Crippen molar-refractivity contribution in [1.82, 2.24) is 14.5 Å². The second kappa shape index (κ2) is 9.29. The number of amides is 1. The van der Waals surface area contributed by atoms with E-state index in [0.717, 1.165) is 10.9 Å². The summed E-state index contributed by atoms with van der Waals surface area (Å²) in [7, 11) is 0. The molecule has 186 valence electrons. The van der Waals surface area contributed by atoms with Crippen LogP contribution in [-0.2, 0) is 33.8 Å². The van der Waals surface area contributed by atoms with Gasteiger partial charge in [-0.05, 0) is 38.0 Å². The molecule has 0 bridgehead atoms. The average molecular weight is 493 g/mol. The molecule has 2 aromatic heterocycles. The Morgan fingerprint density at radius 2 is 1.91 bits per heavy atom. The van der Waals surface area contributed by atoms with E-state index in [4.69, 9.17) is 9.84 Å². The van der Waals surface area contributed by atoms with E-state index in [9.17, 15) is 27.2 Å². The number of carbonyl (C=O) groups excluding carboxylic acids is 1. The lowest BCUT2D eigenvalue weighted by molar-refractivity contribution is -0.162. The number of carboxylic acids is 1. The van der Waals surface area contributed by atoms with Crippen molar-refractivity contribution >= 4 is 22.9 Å². The zero-order chi connectivity index (χ0) is 25.5. The molecule has 1 N–H and O–H groups in total. The van der Waals surface area contributed by atoms with Crippen molar-refractivity contribution in [3.8, 4) is 0 Å². The normalized spacial score (nSPS) is 13.8. The highest BCUT2D eigenvalue weighted by atomic mass is 19.2. The van der Waals surface area contributed by atoms with E-state index in [1.165, 1.54) is 29.5 Å². The van der Waals surface area contributed by atoms with Crippen molar-refractivity contribution in [2.24, 2.45) is 0 Å². The van der Waals surface area contributed by atoms with Crippen LogP contribution in [0.3, 0.4) is 0 Å². The fraction of sp³-hybridized carbons (Fsp3) is 0.375. The monoisotopic (exact) mass is 493 g/mol. The summed E-state index contributed by atoms with van der Waals surface area (Å²) < 4.78 is 62.9. The van der Waals surface area contributed by atoms with E-state index >= 15 is 0 Å². The number of aromatic nitrogens is 2. The second-order valence-electron chi connectivity index (χ2n) is 8.81. The predicted molar refractivity (Wildman–Crippen MR) is 117 cm³/mol. The number of ether oxygens (including phenoxy) is 1. The van der Waals surface area contributed by atoms with Crippen molar-refractivity contribution in [1.29, 1.82) is 0 Å². The summed E-state index contributed by atoms with van der Waals surface area (Å²) >= 11 is 0. The van der Waals surface area contributed by atoms with Gasteiger partial charge in [0.1, 0.15) is 11.5 Å². The molecule has 1 aromatic carbocycles. The Balaban J connectivity index is 1.62. The van der Waals surface area contributed by atoms with Gasteiger partial charge in [-0.15, -0.1) is 0 Å². The van der Waals surface area contributed by atoms with Gasteiger partial charge in [0.05, 0.1) is 26.1 Å². The lowest BCUT2D eigenvalue weighted by Gasteiger charge is -2.29. The molecule has 1 aliphatic heterocycles. The first kappa shape index (κ1) is 24.6. The summed E-state index contributed by atoms with van der Waals surface area (Å²) in [5.74, 6) is -7.66. The van der Waals surface area contributed by atoms with Gasteiger partial charge >= 0.3 is 5.97 Å². The summed E-state index contributed by atoms with van der Waals surface area (Å²) in [6.07, 6.45) is 1.89. The van der Waals surface area contributed by atoms with E-state index < -0.39 is 46.9 Å². The molecule has 11 heteroatoms. The Labute approximate surface area is 197 Å². The lowest BCUT2D eigenvalue weighted by Crippen LogP contribution is -2.39. The lowest BCUT2D eigenvalue weighted by atomic mass is 10.0. The van der Waals surface area contributed by atoms with Crippen LogP contribution in [0.2, 0.25) is 0 Å². The first-order chi connectivity index (χ1) is 16.5. The first-order valence-corrected chi connectivity index (χ1v) is 10.9. The van der Waals surface area contributed by atoms with E-state index in [0.29, 0.717) is 30.4 Å². The summed E-state index contributed by atoms with van der Waals surface area (Å²) in [6.45, 7) is 2.69. The molecule has 0 radical (unpaired) electrons. The van der Waals surface area contributed by atoms with Crippen LogP contribution in [0.4, 0.5) is 17.6 Å². The summed E-state index contributed by atoms with van der Waals surface area (Å²) in [6, 6.07) is 3.81. The van der Waals surface area contributed by atoms with Crippen molar-refractivity contribution in [2.75, 3.05) is 13.2 Å². The Hall–Kier alpha value is -3.47. The van der Waals surface area contributed by atoms with Gasteiger partial charge in [-0.25, -0.2) is 27.3 Å². The molecule has 0 atom stereocenters. The fourth-order valence-corrected chi connectivity index (χ4v) is 4.16. The molecular formula is C24H23F4N3O4. The van der Waals surface area contributed by atoms with Crippen molar-refractivity contribution < 1.29 is 37.0 Å². The number of aliphatic carboxylic acids is 1. The zero-order valence-corrected chi connectivity index (χ0v) is 19.1. The molecule has 7 nitrogen and oxygen atoms in total. The molecule has 1 aliphatic rings. The molecule has 0 saturated carbocycles. The molecular weight excluding hydrogens is 470 g/mol. The summed E-state index contributed by atoms with van der Waals surface area (Å²) in [4.78, 5) is 29.8. The third kappa shape index (κ3) is 4.60. The Kier molecular flexibility index (Phi) is 6.54. The molecule has 3 heterocycles.